The molecule has 286 valence electrons. The Bertz CT molecular complexity index is 3560. The fourth-order valence-electron chi connectivity index (χ4n) is 9.29. The van der Waals surface area contributed by atoms with Crippen molar-refractivity contribution in [3.63, 3.8) is 0 Å². The van der Waals surface area contributed by atoms with E-state index in [-0.39, 0.29) is 0 Å². The average molecular weight is 779 g/mol. The van der Waals surface area contributed by atoms with Crippen LogP contribution in [0.5, 0.6) is 0 Å². The number of fused-ring (bicyclic) bond motifs is 7. The first kappa shape index (κ1) is 34.9. The van der Waals surface area contributed by atoms with Crippen LogP contribution in [0.25, 0.3) is 93.6 Å². The highest BCUT2D eigenvalue weighted by Gasteiger charge is 2.23. The third-order valence-corrected chi connectivity index (χ3v) is 12.2. The van der Waals surface area contributed by atoms with Crippen LogP contribution in [-0.2, 0) is 0 Å². The molecular weight excluding hydrogens is 741 g/mol. The summed E-state index contributed by atoms with van der Waals surface area (Å²) in [5, 5.41) is 7.18. The number of aromatic nitrogens is 1. The minimum absolute atomic E-state index is 0.885. The van der Waals surface area contributed by atoms with Crippen molar-refractivity contribution in [2.75, 3.05) is 4.90 Å². The largest absolute Gasteiger partial charge is 0.456 e. The fourth-order valence-corrected chi connectivity index (χ4v) is 9.29. The Morgan fingerprint density at radius 2 is 0.902 bits per heavy atom. The van der Waals surface area contributed by atoms with E-state index >= 15 is 0 Å². The molecule has 0 amide bonds. The van der Waals surface area contributed by atoms with E-state index in [0.29, 0.717) is 0 Å². The number of nitrogens with zero attached hydrogens (tertiary/aromatic N) is 2. The monoisotopic (exact) mass is 778 g/mol. The molecule has 2 heterocycles. The summed E-state index contributed by atoms with van der Waals surface area (Å²) in [6.07, 6.45) is 0. The van der Waals surface area contributed by atoms with Gasteiger partial charge in [0.2, 0.25) is 0 Å². The summed E-state index contributed by atoms with van der Waals surface area (Å²) in [6, 6.07) is 83.1. The lowest BCUT2D eigenvalue weighted by Crippen LogP contribution is -2.14. The number of para-hydroxylation sites is 6. The Balaban J connectivity index is 1.04. The van der Waals surface area contributed by atoms with Crippen LogP contribution in [0.1, 0.15) is 0 Å². The number of furan rings is 1. The highest BCUT2D eigenvalue weighted by molar-refractivity contribution is 6.10. The van der Waals surface area contributed by atoms with Gasteiger partial charge in [0, 0.05) is 32.8 Å². The maximum atomic E-state index is 6.27. The Hall–Kier alpha value is -8.14. The Kier molecular flexibility index (Phi) is 8.17. The van der Waals surface area contributed by atoms with Crippen molar-refractivity contribution in [2.24, 2.45) is 0 Å². The highest BCUT2D eigenvalue weighted by Crippen LogP contribution is 2.46. The zero-order valence-corrected chi connectivity index (χ0v) is 33.2. The van der Waals surface area contributed by atoms with E-state index in [2.05, 4.69) is 228 Å². The average Bonchev–Trinajstić information content (AvgIpc) is 3.88. The number of hydrogen-bond donors (Lipinski definition) is 0. The van der Waals surface area contributed by atoms with E-state index in [9.17, 15) is 0 Å². The highest BCUT2D eigenvalue weighted by atomic mass is 16.3. The van der Waals surface area contributed by atoms with Crippen LogP contribution >= 0.6 is 0 Å². The van der Waals surface area contributed by atoms with E-state index in [4.69, 9.17) is 4.42 Å². The molecule has 0 aliphatic rings. The lowest BCUT2D eigenvalue weighted by molar-refractivity contribution is 0.669. The van der Waals surface area contributed by atoms with Crippen molar-refractivity contribution >= 4 is 71.6 Å². The van der Waals surface area contributed by atoms with E-state index in [0.717, 1.165) is 61.4 Å². The van der Waals surface area contributed by atoms with Gasteiger partial charge in [0.15, 0.2) is 0 Å². The van der Waals surface area contributed by atoms with Gasteiger partial charge in [-0.1, -0.05) is 158 Å². The summed E-state index contributed by atoms with van der Waals surface area (Å²) in [7, 11) is 0. The molecule has 0 bridgehead atoms. The van der Waals surface area contributed by atoms with Gasteiger partial charge in [0.1, 0.15) is 11.2 Å². The van der Waals surface area contributed by atoms with E-state index < -0.39 is 0 Å². The minimum atomic E-state index is 0.885. The summed E-state index contributed by atoms with van der Waals surface area (Å²) in [5.41, 5.74) is 15.4. The molecule has 12 aromatic rings. The van der Waals surface area contributed by atoms with Crippen molar-refractivity contribution in [2.45, 2.75) is 0 Å². The van der Waals surface area contributed by atoms with Gasteiger partial charge >= 0.3 is 0 Å². The van der Waals surface area contributed by atoms with Crippen molar-refractivity contribution in [3.8, 4) is 39.1 Å². The molecule has 0 atom stereocenters. The van der Waals surface area contributed by atoms with Gasteiger partial charge in [0.05, 0.1) is 28.1 Å². The normalized spacial score (nSPS) is 11.6. The van der Waals surface area contributed by atoms with Gasteiger partial charge in [-0.05, 0) is 111 Å². The Morgan fingerprint density at radius 3 is 1.70 bits per heavy atom. The van der Waals surface area contributed by atoms with Gasteiger partial charge in [0.25, 0.3) is 0 Å². The SMILES string of the molecule is c1cc(-c2ccc(N(c3ccccc3-c3ccc4oc5ccccc5c4c3)c3ccccc3-n3c4ccccc4c4ccccc43)cc2)cc(-c2ccc3ccccc3c2)c1. The summed E-state index contributed by atoms with van der Waals surface area (Å²) in [4.78, 5) is 2.43. The molecule has 12 rings (SSSR count). The number of anilines is 3. The maximum Gasteiger partial charge on any atom is 0.135 e. The van der Waals surface area contributed by atoms with Gasteiger partial charge in [-0.25, -0.2) is 0 Å². The van der Waals surface area contributed by atoms with E-state index in [1.165, 1.54) is 49.3 Å². The lowest BCUT2D eigenvalue weighted by Gasteiger charge is -2.30. The number of benzene rings is 10. The molecule has 10 aromatic carbocycles. The van der Waals surface area contributed by atoms with Gasteiger partial charge in [-0.15, -0.1) is 0 Å². The molecule has 0 unspecified atom stereocenters. The second kappa shape index (κ2) is 14.3. The molecule has 0 spiro atoms. The van der Waals surface area contributed by atoms with Crippen molar-refractivity contribution in [1.82, 2.24) is 4.57 Å². The topological polar surface area (TPSA) is 21.3 Å². The Morgan fingerprint density at radius 1 is 0.328 bits per heavy atom. The molecule has 0 aliphatic heterocycles. The number of hydrogen-bond acceptors (Lipinski definition) is 2. The minimum Gasteiger partial charge on any atom is -0.456 e. The third kappa shape index (κ3) is 5.90. The van der Waals surface area contributed by atoms with Crippen molar-refractivity contribution in [3.05, 3.63) is 231 Å². The summed E-state index contributed by atoms with van der Waals surface area (Å²) < 4.78 is 8.69. The lowest BCUT2D eigenvalue weighted by atomic mass is 9.97. The van der Waals surface area contributed by atoms with Crippen molar-refractivity contribution < 1.29 is 4.42 Å². The first-order valence-electron chi connectivity index (χ1n) is 20.8. The maximum absolute atomic E-state index is 6.27. The first-order chi connectivity index (χ1) is 30.2. The van der Waals surface area contributed by atoms with Crippen LogP contribution in [0.4, 0.5) is 17.1 Å². The smallest absolute Gasteiger partial charge is 0.135 e. The predicted molar refractivity (Wildman–Crippen MR) is 257 cm³/mol. The van der Waals surface area contributed by atoms with Crippen molar-refractivity contribution in [1.29, 1.82) is 0 Å². The van der Waals surface area contributed by atoms with E-state index in [1.54, 1.807) is 0 Å². The van der Waals surface area contributed by atoms with Crippen LogP contribution in [0.15, 0.2) is 235 Å². The van der Waals surface area contributed by atoms with Crippen LogP contribution in [0.3, 0.4) is 0 Å². The van der Waals surface area contributed by atoms with E-state index in [1.807, 2.05) is 12.1 Å². The molecule has 2 aromatic heterocycles. The molecular formula is C58H38N2O. The van der Waals surface area contributed by atoms with Crippen LogP contribution < -0.4 is 4.90 Å². The number of rotatable bonds is 7. The Labute approximate surface area is 353 Å². The molecule has 0 fully saturated rings. The summed E-state index contributed by atoms with van der Waals surface area (Å²) >= 11 is 0. The summed E-state index contributed by atoms with van der Waals surface area (Å²) in [6.45, 7) is 0. The summed E-state index contributed by atoms with van der Waals surface area (Å²) in [5.74, 6) is 0. The molecule has 0 radical (unpaired) electrons. The fraction of sp³-hybridized carbons (Fsp3) is 0. The third-order valence-electron chi connectivity index (χ3n) is 12.2. The molecule has 3 nitrogen and oxygen atoms in total. The van der Waals surface area contributed by atoms with Crippen LogP contribution in [-0.4, -0.2) is 4.57 Å². The van der Waals surface area contributed by atoms with Crippen LogP contribution in [0, 0.1) is 0 Å². The quantitative estimate of drug-likeness (QED) is 0.161. The van der Waals surface area contributed by atoms with Crippen LogP contribution in [0.2, 0.25) is 0 Å². The first-order valence-corrected chi connectivity index (χ1v) is 20.8. The molecule has 3 heteroatoms. The van der Waals surface area contributed by atoms with Gasteiger partial charge in [-0.3, -0.25) is 0 Å². The standard InChI is InChI=1S/C58H38N2O/c1-2-15-41-37-44(29-28-39(41)14-1)43-17-13-16-42(36-43)40-30-33-46(34-31-40)59(52-22-7-3-18-47(52)45-32-35-58-51(38-45)50-21-6-12-27-57(50)61-58)55-25-10-11-26-56(55)60-53-23-8-4-19-48(53)49-20-5-9-24-54(49)60/h1-38H. The molecule has 0 saturated heterocycles. The second-order valence-corrected chi connectivity index (χ2v) is 15.7. The zero-order chi connectivity index (χ0) is 40.3. The second-order valence-electron chi connectivity index (χ2n) is 15.7. The molecule has 61 heavy (non-hydrogen) atoms. The molecule has 0 saturated carbocycles. The van der Waals surface area contributed by atoms with Gasteiger partial charge < -0.3 is 13.9 Å². The zero-order valence-electron chi connectivity index (χ0n) is 33.2. The molecule has 0 aliphatic carbocycles. The predicted octanol–water partition coefficient (Wildman–Crippen LogP) is 16.3. The van der Waals surface area contributed by atoms with Gasteiger partial charge in [-0.2, -0.15) is 0 Å². The molecule has 0 N–H and O–H groups in total.